The van der Waals surface area contributed by atoms with Gasteiger partial charge >= 0.3 is 0 Å². The number of nitrogens with one attached hydrogen (secondary N) is 1. The number of benzene rings is 2. The van der Waals surface area contributed by atoms with Gasteiger partial charge in [0.25, 0.3) is 0 Å². The molecule has 2 rings (SSSR count). The lowest BCUT2D eigenvalue weighted by molar-refractivity contribution is 0.623. The fraction of sp³-hybridized carbons (Fsp3) is 0.143. The second kappa shape index (κ2) is 5.83. The SMILES string of the molecule is CNC(c1ccc(F)cc1)c1cc(Cl)ccc1Br. The average molecular weight is 329 g/mol. The van der Waals surface area contributed by atoms with Gasteiger partial charge in [0.15, 0.2) is 0 Å². The topological polar surface area (TPSA) is 12.0 Å². The van der Waals surface area contributed by atoms with Crippen molar-refractivity contribution in [3.8, 4) is 0 Å². The van der Waals surface area contributed by atoms with Crippen molar-refractivity contribution in [1.29, 1.82) is 0 Å². The van der Waals surface area contributed by atoms with Crippen LogP contribution in [0.4, 0.5) is 4.39 Å². The first-order valence-corrected chi connectivity index (χ1v) is 6.66. The molecule has 1 nitrogen and oxygen atoms in total. The molecule has 0 amide bonds. The highest BCUT2D eigenvalue weighted by molar-refractivity contribution is 9.10. The highest BCUT2D eigenvalue weighted by Crippen LogP contribution is 2.30. The quantitative estimate of drug-likeness (QED) is 0.871. The summed E-state index contributed by atoms with van der Waals surface area (Å²) in [4.78, 5) is 0. The second-order valence-electron chi connectivity index (χ2n) is 3.94. The summed E-state index contributed by atoms with van der Waals surface area (Å²) in [7, 11) is 1.86. The van der Waals surface area contributed by atoms with Crippen LogP contribution < -0.4 is 5.32 Å². The van der Waals surface area contributed by atoms with Crippen LogP contribution in [0.2, 0.25) is 5.02 Å². The van der Waals surface area contributed by atoms with Gasteiger partial charge in [-0.05, 0) is 48.5 Å². The maximum Gasteiger partial charge on any atom is 0.123 e. The Morgan fingerprint density at radius 1 is 1.17 bits per heavy atom. The highest BCUT2D eigenvalue weighted by Gasteiger charge is 2.15. The smallest absolute Gasteiger partial charge is 0.123 e. The molecule has 0 radical (unpaired) electrons. The summed E-state index contributed by atoms with van der Waals surface area (Å²) in [5.41, 5.74) is 2.01. The molecular formula is C14H12BrClFN. The van der Waals surface area contributed by atoms with E-state index in [1.54, 1.807) is 12.1 Å². The first-order valence-electron chi connectivity index (χ1n) is 5.49. The van der Waals surface area contributed by atoms with Crippen molar-refractivity contribution < 1.29 is 4.39 Å². The van der Waals surface area contributed by atoms with Crippen LogP contribution in [-0.2, 0) is 0 Å². The normalized spacial score (nSPS) is 12.4. The monoisotopic (exact) mass is 327 g/mol. The summed E-state index contributed by atoms with van der Waals surface area (Å²) in [5.74, 6) is -0.237. The van der Waals surface area contributed by atoms with E-state index in [-0.39, 0.29) is 11.9 Å². The third-order valence-electron chi connectivity index (χ3n) is 2.76. The minimum Gasteiger partial charge on any atom is -0.309 e. The van der Waals surface area contributed by atoms with Gasteiger partial charge in [-0.1, -0.05) is 39.7 Å². The van der Waals surface area contributed by atoms with E-state index in [1.807, 2.05) is 25.2 Å². The molecule has 2 aromatic rings. The van der Waals surface area contributed by atoms with E-state index in [2.05, 4.69) is 21.2 Å². The van der Waals surface area contributed by atoms with Crippen molar-refractivity contribution in [2.45, 2.75) is 6.04 Å². The van der Waals surface area contributed by atoms with E-state index < -0.39 is 0 Å². The number of hydrogen-bond acceptors (Lipinski definition) is 1. The molecule has 2 aromatic carbocycles. The van der Waals surface area contributed by atoms with Crippen molar-refractivity contribution >= 4 is 27.5 Å². The predicted octanol–water partition coefficient (Wildman–Crippen LogP) is 4.55. The van der Waals surface area contributed by atoms with Crippen LogP contribution in [0.25, 0.3) is 0 Å². The third kappa shape index (κ3) is 2.91. The van der Waals surface area contributed by atoms with Gasteiger partial charge in [-0.25, -0.2) is 4.39 Å². The molecule has 1 N–H and O–H groups in total. The maximum absolute atomic E-state index is 12.9. The van der Waals surface area contributed by atoms with Gasteiger partial charge in [-0.15, -0.1) is 0 Å². The lowest BCUT2D eigenvalue weighted by atomic mass is 9.99. The average Bonchev–Trinajstić information content (AvgIpc) is 2.37. The van der Waals surface area contributed by atoms with Gasteiger partial charge in [-0.3, -0.25) is 0 Å². The molecule has 1 unspecified atom stereocenters. The molecule has 1 atom stereocenters. The van der Waals surface area contributed by atoms with Crippen molar-refractivity contribution in [3.05, 3.63) is 68.9 Å². The van der Waals surface area contributed by atoms with Gasteiger partial charge in [0.1, 0.15) is 5.82 Å². The molecule has 0 fully saturated rings. The fourth-order valence-corrected chi connectivity index (χ4v) is 2.55. The lowest BCUT2D eigenvalue weighted by Crippen LogP contribution is -2.18. The Bertz CT molecular complexity index is 542. The van der Waals surface area contributed by atoms with Crippen molar-refractivity contribution in [2.75, 3.05) is 7.05 Å². The summed E-state index contributed by atoms with van der Waals surface area (Å²) in [6.07, 6.45) is 0. The maximum atomic E-state index is 12.9. The van der Waals surface area contributed by atoms with E-state index in [0.717, 1.165) is 15.6 Å². The summed E-state index contributed by atoms with van der Waals surface area (Å²) in [6.45, 7) is 0. The molecule has 94 valence electrons. The standard InChI is InChI=1S/C14H12BrClFN/c1-18-14(9-2-5-11(17)6-3-9)12-8-10(16)4-7-13(12)15/h2-8,14,18H,1H3. The van der Waals surface area contributed by atoms with Crippen molar-refractivity contribution in [3.63, 3.8) is 0 Å². The van der Waals surface area contributed by atoms with Crippen molar-refractivity contribution in [2.24, 2.45) is 0 Å². The molecular weight excluding hydrogens is 317 g/mol. The molecule has 18 heavy (non-hydrogen) atoms. The molecule has 4 heteroatoms. The molecule has 0 aliphatic heterocycles. The van der Waals surface area contributed by atoms with Gasteiger partial charge in [0, 0.05) is 9.50 Å². The molecule has 0 spiro atoms. The van der Waals surface area contributed by atoms with E-state index >= 15 is 0 Å². The molecule has 0 aromatic heterocycles. The number of halogens is 3. The summed E-state index contributed by atoms with van der Waals surface area (Å²) >= 11 is 9.53. The summed E-state index contributed by atoms with van der Waals surface area (Å²) < 4.78 is 13.9. The Balaban J connectivity index is 2.44. The van der Waals surface area contributed by atoms with Crippen LogP contribution >= 0.6 is 27.5 Å². The zero-order valence-electron chi connectivity index (χ0n) is 9.75. The fourth-order valence-electron chi connectivity index (χ4n) is 1.89. The van der Waals surface area contributed by atoms with Gasteiger partial charge < -0.3 is 5.32 Å². The van der Waals surface area contributed by atoms with Crippen LogP contribution in [0.15, 0.2) is 46.9 Å². The zero-order valence-corrected chi connectivity index (χ0v) is 12.1. The molecule has 0 saturated carbocycles. The molecule has 0 heterocycles. The first kappa shape index (κ1) is 13.5. The Hall–Kier alpha value is -0.900. The number of hydrogen-bond donors (Lipinski definition) is 1. The first-order chi connectivity index (χ1) is 8.61. The molecule has 0 aliphatic carbocycles. The predicted molar refractivity (Wildman–Crippen MR) is 76.5 cm³/mol. The zero-order chi connectivity index (χ0) is 13.1. The van der Waals surface area contributed by atoms with E-state index in [4.69, 9.17) is 11.6 Å². The van der Waals surface area contributed by atoms with E-state index in [0.29, 0.717) is 5.02 Å². The Labute approximate surface area is 119 Å². The Morgan fingerprint density at radius 2 is 1.83 bits per heavy atom. The van der Waals surface area contributed by atoms with Crippen LogP contribution in [0.5, 0.6) is 0 Å². The van der Waals surface area contributed by atoms with E-state index in [9.17, 15) is 4.39 Å². The van der Waals surface area contributed by atoms with Crippen LogP contribution in [0.3, 0.4) is 0 Å². The summed E-state index contributed by atoms with van der Waals surface area (Å²) in [5, 5.41) is 3.89. The summed E-state index contributed by atoms with van der Waals surface area (Å²) in [6, 6.07) is 12.1. The van der Waals surface area contributed by atoms with Gasteiger partial charge in [-0.2, -0.15) is 0 Å². The van der Waals surface area contributed by atoms with Crippen molar-refractivity contribution in [1.82, 2.24) is 5.32 Å². The van der Waals surface area contributed by atoms with Gasteiger partial charge in [0.2, 0.25) is 0 Å². The minimum absolute atomic E-state index is 0.0290. The van der Waals surface area contributed by atoms with E-state index in [1.165, 1.54) is 12.1 Å². The Morgan fingerprint density at radius 3 is 2.44 bits per heavy atom. The van der Waals surface area contributed by atoms with Crippen LogP contribution in [-0.4, -0.2) is 7.05 Å². The van der Waals surface area contributed by atoms with Gasteiger partial charge in [0.05, 0.1) is 6.04 Å². The molecule has 0 bridgehead atoms. The van der Waals surface area contributed by atoms with Crippen LogP contribution in [0, 0.1) is 5.82 Å². The highest BCUT2D eigenvalue weighted by atomic mass is 79.9. The minimum atomic E-state index is -0.237. The number of rotatable bonds is 3. The second-order valence-corrected chi connectivity index (χ2v) is 5.23. The molecule has 0 aliphatic rings. The Kier molecular flexibility index (Phi) is 4.38. The lowest BCUT2D eigenvalue weighted by Gasteiger charge is -2.19. The third-order valence-corrected chi connectivity index (χ3v) is 3.72. The van der Waals surface area contributed by atoms with Crippen LogP contribution in [0.1, 0.15) is 17.2 Å². The largest absolute Gasteiger partial charge is 0.309 e. The molecule has 0 saturated heterocycles.